The Balaban J connectivity index is 5.55. The van der Waals surface area contributed by atoms with Crippen molar-refractivity contribution in [2.75, 3.05) is 33.9 Å². The highest BCUT2D eigenvalue weighted by molar-refractivity contribution is 5.91. The molecule has 0 aromatic heterocycles. The summed E-state index contributed by atoms with van der Waals surface area (Å²) in [5.74, 6) is -1.37. The molecule has 2 atom stereocenters. The molecule has 172 valence electrons. The van der Waals surface area contributed by atoms with Gasteiger partial charge in [-0.15, -0.1) is 6.58 Å². The maximum absolute atomic E-state index is 13.2. The van der Waals surface area contributed by atoms with Gasteiger partial charge in [0.25, 0.3) is 0 Å². The van der Waals surface area contributed by atoms with Gasteiger partial charge in [0.1, 0.15) is 18.4 Å². The van der Waals surface area contributed by atoms with Crippen LogP contribution in [-0.4, -0.2) is 85.4 Å². The number of hydrogen-bond acceptors (Lipinski definition) is 6. The number of hydrogen-bond donors (Lipinski definition) is 1. The van der Waals surface area contributed by atoms with E-state index < -0.39 is 29.5 Å². The minimum atomic E-state index is -0.945. The second-order valence-corrected chi connectivity index (χ2v) is 7.73. The zero-order valence-electron chi connectivity index (χ0n) is 18.9. The monoisotopic (exact) mass is 427 g/mol. The Bertz CT molecular complexity index is 593. The Morgan fingerprint density at radius 3 is 2.30 bits per heavy atom. The maximum Gasteiger partial charge on any atom is 0.248 e. The lowest BCUT2D eigenvalue weighted by Gasteiger charge is -2.36. The number of carbonyl (C=O) groups is 4. The number of amides is 3. The molecule has 0 saturated heterocycles. The quantitative estimate of drug-likeness (QED) is 0.222. The van der Waals surface area contributed by atoms with E-state index in [1.54, 1.807) is 19.9 Å². The topological polar surface area (TPSA) is 119 Å². The molecule has 0 aromatic carbocycles. The van der Waals surface area contributed by atoms with Crippen LogP contribution in [0.4, 0.5) is 0 Å². The second-order valence-electron chi connectivity index (χ2n) is 7.73. The third-order valence-electron chi connectivity index (χ3n) is 4.69. The highest BCUT2D eigenvalue weighted by atomic mass is 16.5. The van der Waals surface area contributed by atoms with Gasteiger partial charge < -0.3 is 29.8 Å². The van der Waals surface area contributed by atoms with Crippen molar-refractivity contribution in [2.45, 2.75) is 64.1 Å². The number of aldehydes is 1. The van der Waals surface area contributed by atoms with E-state index in [-0.39, 0.29) is 45.0 Å². The molecule has 0 spiro atoms. The van der Waals surface area contributed by atoms with Crippen LogP contribution in [0.5, 0.6) is 0 Å². The van der Waals surface area contributed by atoms with Crippen molar-refractivity contribution in [1.29, 1.82) is 0 Å². The van der Waals surface area contributed by atoms with Gasteiger partial charge in [-0.2, -0.15) is 0 Å². The van der Waals surface area contributed by atoms with Crippen molar-refractivity contribution in [3.05, 3.63) is 12.7 Å². The fourth-order valence-electron chi connectivity index (χ4n) is 2.87. The van der Waals surface area contributed by atoms with Crippen LogP contribution in [0.3, 0.4) is 0 Å². The first kappa shape index (κ1) is 27.7. The van der Waals surface area contributed by atoms with E-state index in [0.717, 1.165) is 0 Å². The van der Waals surface area contributed by atoms with E-state index in [1.165, 1.54) is 23.9 Å². The number of carbonyl (C=O) groups excluding carboxylic acids is 4. The summed E-state index contributed by atoms with van der Waals surface area (Å²) in [5.41, 5.74) is 4.84. The van der Waals surface area contributed by atoms with E-state index in [1.807, 2.05) is 6.92 Å². The largest absolute Gasteiger partial charge is 0.378 e. The van der Waals surface area contributed by atoms with E-state index in [2.05, 4.69) is 6.58 Å². The van der Waals surface area contributed by atoms with Gasteiger partial charge in [0.2, 0.25) is 17.7 Å². The van der Waals surface area contributed by atoms with Crippen LogP contribution in [0, 0.1) is 0 Å². The van der Waals surface area contributed by atoms with Gasteiger partial charge in [-0.25, -0.2) is 0 Å². The molecule has 0 fully saturated rings. The molecule has 0 bridgehead atoms. The van der Waals surface area contributed by atoms with Crippen LogP contribution in [0.2, 0.25) is 0 Å². The van der Waals surface area contributed by atoms with Gasteiger partial charge in [0.15, 0.2) is 0 Å². The third-order valence-corrected chi connectivity index (χ3v) is 4.69. The SMILES string of the molecule is C=CCOC(C)(C)C[C@@H](C(N)=O)N(C)C(=O)[C@@H](COCCC=O)N(C)C(=O)CCC. The highest BCUT2D eigenvalue weighted by Crippen LogP contribution is 2.21. The lowest BCUT2D eigenvalue weighted by atomic mass is 9.96. The van der Waals surface area contributed by atoms with E-state index >= 15 is 0 Å². The highest BCUT2D eigenvalue weighted by Gasteiger charge is 2.37. The van der Waals surface area contributed by atoms with Crippen LogP contribution in [0.1, 0.15) is 46.5 Å². The Morgan fingerprint density at radius 2 is 1.80 bits per heavy atom. The van der Waals surface area contributed by atoms with Gasteiger partial charge >= 0.3 is 0 Å². The Kier molecular flexibility index (Phi) is 12.8. The Labute approximate surface area is 179 Å². The van der Waals surface area contributed by atoms with Crippen LogP contribution >= 0.6 is 0 Å². The minimum absolute atomic E-state index is 0.0925. The van der Waals surface area contributed by atoms with Crippen molar-refractivity contribution in [1.82, 2.24) is 9.80 Å². The van der Waals surface area contributed by atoms with Gasteiger partial charge in [-0.05, 0) is 20.3 Å². The smallest absolute Gasteiger partial charge is 0.248 e. The summed E-state index contributed by atoms with van der Waals surface area (Å²) < 4.78 is 11.1. The fourth-order valence-corrected chi connectivity index (χ4v) is 2.87. The number of primary amides is 1. The first-order valence-electron chi connectivity index (χ1n) is 10.1. The van der Waals surface area contributed by atoms with Crippen LogP contribution in [0.25, 0.3) is 0 Å². The summed E-state index contributed by atoms with van der Waals surface area (Å²) >= 11 is 0. The summed E-state index contributed by atoms with van der Waals surface area (Å²) in [6.07, 6.45) is 3.57. The normalized spacial score (nSPS) is 13.2. The first-order valence-corrected chi connectivity index (χ1v) is 10.1. The van der Waals surface area contributed by atoms with Crippen molar-refractivity contribution in [2.24, 2.45) is 5.73 Å². The van der Waals surface area contributed by atoms with Gasteiger partial charge in [-0.3, -0.25) is 14.4 Å². The zero-order valence-corrected chi connectivity index (χ0v) is 18.9. The summed E-state index contributed by atoms with van der Waals surface area (Å²) in [5, 5.41) is 0. The summed E-state index contributed by atoms with van der Waals surface area (Å²) in [6, 6.07) is -1.88. The third kappa shape index (κ3) is 9.49. The predicted molar refractivity (Wildman–Crippen MR) is 114 cm³/mol. The van der Waals surface area contributed by atoms with Gasteiger partial charge in [0, 0.05) is 33.4 Å². The van der Waals surface area contributed by atoms with E-state index in [0.29, 0.717) is 12.7 Å². The zero-order chi connectivity index (χ0) is 23.3. The Morgan fingerprint density at radius 1 is 1.17 bits per heavy atom. The lowest BCUT2D eigenvalue weighted by molar-refractivity contribution is -0.151. The molecule has 9 heteroatoms. The van der Waals surface area contributed by atoms with Crippen molar-refractivity contribution >= 4 is 24.0 Å². The summed E-state index contributed by atoms with van der Waals surface area (Å²) in [7, 11) is 2.99. The van der Waals surface area contributed by atoms with Crippen LogP contribution in [-0.2, 0) is 28.7 Å². The number of rotatable bonds is 16. The standard InChI is InChI=1S/C21H37N3O6/c1-7-10-18(26)23(5)17(15-29-13-9-11-25)20(28)24(6)16(19(22)27)14-21(3,4)30-12-8-2/h8,11,16-17H,2,7,9-10,12-15H2,1,3-6H3,(H2,22,27)/t16-,17+/m0/s1. The molecule has 0 unspecified atom stereocenters. The molecule has 2 N–H and O–H groups in total. The predicted octanol–water partition coefficient (Wildman–Crippen LogP) is 0.903. The Hall–Kier alpha value is -2.26. The lowest BCUT2D eigenvalue weighted by Crippen LogP contribution is -2.56. The molecule has 0 radical (unpaired) electrons. The molecule has 0 saturated carbocycles. The van der Waals surface area contributed by atoms with Crippen molar-refractivity contribution < 1.29 is 28.7 Å². The number of nitrogens with zero attached hydrogens (tertiary/aromatic N) is 2. The van der Waals surface area contributed by atoms with Crippen LogP contribution in [0.15, 0.2) is 12.7 Å². The van der Waals surface area contributed by atoms with E-state index in [4.69, 9.17) is 15.2 Å². The molecule has 30 heavy (non-hydrogen) atoms. The molecule has 0 rings (SSSR count). The van der Waals surface area contributed by atoms with E-state index in [9.17, 15) is 19.2 Å². The van der Waals surface area contributed by atoms with Crippen molar-refractivity contribution in [3.8, 4) is 0 Å². The molecule has 0 heterocycles. The molecule has 3 amide bonds. The first-order chi connectivity index (χ1) is 14.0. The molecular formula is C21H37N3O6. The average Bonchev–Trinajstić information content (AvgIpc) is 2.69. The number of ether oxygens (including phenoxy) is 2. The van der Waals surface area contributed by atoms with Gasteiger partial charge in [0.05, 0.1) is 25.4 Å². The molecular weight excluding hydrogens is 390 g/mol. The molecule has 9 nitrogen and oxygen atoms in total. The van der Waals surface area contributed by atoms with Crippen molar-refractivity contribution in [3.63, 3.8) is 0 Å². The van der Waals surface area contributed by atoms with Crippen LogP contribution < -0.4 is 5.73 Å². The number of likely N-dealkylation sites (N-methyl/N-ethyl adjacent to an activating group) is 2. The minimum Gasteiger partial charge on any atom is -0.378 e. The molecule has 0 aliphatic heterocycles. The summed E-state index contributed by atoms with van der Waals surface area (Å²) in [6.45, 7) is 9.38. The second kappa shape index (κ2) is 13.9. The average molecular weight is 428 g/mol. The van der Waals surface area contributed by atoms with Gasteiger partial charge in [-0.1, -0.05) is 13.0 Å². The maximum atomic E-state index is 13.2. The number of nitrogens with two attached hydrogens (primary N) is 1. The molecule has 0 aliphatic rings. The molecule has 0 aromatic rings. The molecule has 0 aliphatic carbocycles. The summed E-state index contributed by atoms with van der Waals surface area (Å²) in [4.78, 5) is 50.8. The fraction of sp³-hybridized carbons (Fsp3) is 0.714.